The fraction of sp³-hybridized carbons (Fsp3) is 0.583. The van der Waals surface area contributed by atoms with Crippen LogP contribution in [-0.2, 0) is 19.1 Å². The van der Waals surface area contributed by atoms with Gasteiger partial charge in [-0.05, 0) is 79.4 Å². The molecule has 0 aliphatic rings. The summed E-state index contributed by atoms with van der Waals surface area (Å²) in [5.74, 6) is -0.448. The largest absolute Gasteiger partial charge is 0.462 e. The summed E-state index contributed by atoms with van der Waals surface area (Å²) in [7, 11) is 0. The van der Waals surface area contributed by atoms with Crippen molar-refractivity contribution >= 4 is 11.9 Å². The standard InChI is InChI=1S/2C12H20O2/c2*1-10(2)6-5-7-11(3)8-9-14-12(4)13/h2*6,8H,5,7,9H2,1-4H3. The molecule has 0 radical (unpaired) electrons. The van der Waals surface area contributed by atoms with Crippen LogP contribution >= 0.6 is 0 Å². The Morgan fingerprint density at radius 2 is 0.893 bits per heavy atom. The maximum Gasteiger partial charge on any atom is 0.302 e. The zero-order valence-corrected chi connectivity index (χ0v) is 19.2. The Balaban J connectivity index is 0. The Labute approximate surface area is 172 Å². The third-order valence-electron chi connectivity index (χ3n) is 3.62. The molecule has 0 unspecified atom stereocenters. The van der Waals surface area contributed by atoms with E-state index in [0.717, 1.165) is 25.7 Å². The fourth-order valence-corrected chi connectivity index (χ4v) is 1.98. The minimum Gasteiger partial charge on any atom is -0.462 e. The van der Waals surface area contributed by atoms with Gasteiger partial charge >= 0.3 is 11.9 Å². The molecule has 0 atom stereocenters. The van der Waals surface area contributed by atoms with Gasteiger partial charge in [0.25, 0.3) is 0 Å². The molecule has 4 nitrogen and oxygen atoms in total. The molecule has 0 amide bonds. The zero-order chi connectivity index (χ0) is 21.9. The highest BCUT2D eigenvalue weighted by atomic mass is 16.5. The smallest absolute Gasteiger partial charge is 0.302 e. The number of hydrogen-bond donors (Lipinski definition) is 0. The average molecular weight is 393 g/mol. The SMILES string of the molecule is CC(=O)OCC=C(C)CCC=C(C)C.CC(=O)OCC=C(C)CCC=C(C)C. The summed E-state index contributed by atoms with van der Waals surface area (Å²) < 4.78 is 9.62. The molecule has 0 saturated heterocycles. The van der Waals surface area contributed by atoms with E-state index >= 15 is 0 Å². The first-order valence-electron chi connectivity index (χ1n) is 9.89. The molecule has 0 N–H and O–H groups in total. The minimum atomic E-state index is -0.224. The van der Waals surface area contributed by atoms with Crippen LogP contribution in [-0.4, -0.2) is 25.2 Å². The van der Waals surface area contributed by atoms with Gasteiger partial charge in [-0.3, -0.25) is 9.59 Å². The molecule has 0 aromatic carbocycles. The number of carbonyl (C=O) groups excluding carboxylic acids is 2. The van der Waals surface area contributed by atoms with Crippen molar-refractivity contribution in [3.8, 4) is 0 Å². The molecule has 0 aliphatic carbocycles. The van der Waals surface area contributed by atoms with Crippen LogP contribution in [0, 0.1) is 0 Å². The summed E-state index contributed by atoms with van der Waals surface area (Å²) in [4.78, 5) is 20.9. The second kappa shape index (κ2) is 18.3. The molecule has 0 aromatic heterocycles. The first-order valence-corrected chi connectivity index (χ1v) is 9.89. The molecule has 0 aliphatic heterocycles. The van der Waals surface area contributed by atoms with Gasteiger partial charge in [-0.15, -0.1) is 0 Å². The number of esters is 2. The number of rotatable bonds is 10. The number of ether oxygens (including phenoxy) is 2. The van der Waals surface area contributed by atoms with Crippen molar-refractivity contribution in [1.29, 1.82) is 0 Å². The number of carbonyl (C=O) groups is 2. The van der Waals surface area contributed by atoms with E-state index in [2.05, 4.69) is 53.7 Å². The molecule has 0 rings (SSSR count). The fourth-order valence-electron chi connectivity index (χ4n) is 1.98. The Kier molecular flexibility index (Phi) is 18.3. The lowest BCUT2D eigenvalue weighted by atomic mass is 10.1. The van der Waals surface area contributed by atoms with E-state index in [-0.39, 0.29) is 11.9 Å². The van der Waals surface area contributed by atoms with Crippen LogP contribution in [0.4, 0.5) is 0 Å². The second-order valence-corrected chi connectivity index (χ2v) is 7.35. The van der Waals surface area contributed by atoms with Gasteiger partial charge < -0.3 is 9.47 Å². The van der Waals surface area contributed by atoms with Gasteiger partial charge in [0, 0.05) is 13.8 Å². The van der Waals surface area contributed by atoms with Crippen LogP contribution in [0.2, 0.25) is 0 Å². The molecule has 4 heteroatoms. The van der Waals surface area contributed by atoms with Gasteiger partial charge in [0.15, 0.2) is 0 Å². The summed E-state index contributed by atoms with van der Waals surface area (Å²) in [6.45, 7) is 16.1. The van der Waals surface area contributed by atoms with E-state index in [1.807, 2.05) is 12.2 Å². The van der Waals surface area contributed by atoms with E-state index < -0.39 is 0 Å². The second-order valence-electron chi connectivity index (χ2n) is 7.35. The average Bonchev–Trinajstić information content (AvgIpc) is 2.54. The summed E-state index contributed by atoms with van der Waals surface area (Å²) >= 11 is 0. The minimum absolute atomic E-state index is 0.224. The molecule has 0 saturated carbocycles. The van der Waals surface area contributed by atoms with Gasteiger partial charge in [-0.2, -0.15) is 0 Å². The molecular formula is C24H40O4. The Morgan fingerprint density at radius 3 is 1.14 bits per heavy atom. The van der Waals surface area contributed by atoms with Gasteiger partial charge in [0.2, 0.25) is 0 Å². The topological polar surface area (TPSA) is 52.6 Å². The number of allylic oxidation sites excluding steroid dienone is 6. The lowest BCUT2D eigenvalue weighted by molar-refractivity contribution is -0.140. The molecule has 0 heterocycles. The molecule has 0 fully saturated rings. The van der Waals surface area contributed by atoms with Gasteiger partial charge in [-0.25, -0.2) is 0 Å². The Hall–Kier alpha value is -2.10. The molecule has 0 spiro atoms. The van der Waals surface area contributed by atoms with Crippen LogP contribution in [0.15, 0.2) is 46.6 Å². The summed E-state index contributed by atoms with van der Waals surface area (Å²) in [6.07, 6.45) is 12.5. The first-order chi connectivity index (χ1) is 13.0. The van der Waals surface area contributed by atoms with Crippen LogP contribution in [0.1, 0.15) is 81.1 Å². The number of hydrogen-bond acceptors (Lipinski definition) is 4. The summed E-state index contributed by atoms with van der Waals surface area (Å²) in [5, 5.41) is 0. The quantitative estimate of drug-likeness (QED) is 0.315. The van der Waals surface area contributed by atoms with Crippen molar-refractivity contribution < 1.29 is 19.1 Å². The third-order valence-corrected chi connectivity index (χ3v) is 3.62. The van der Waals surface area contributed by atoms with Crippen LogP contribution in [0.3, 0.4) is 0 Å². The predicted molar refractivity (Wildman–Crippen MR) is 118 cm³/mol. The monoisotopic (exact) mass is 392 g/mol. The normalized spacial score (nSPS) is 11.0. The highest BCUT2D eigenvalue weighted by molar-refractivity contribution is 5.66. The van der Waals surface area contributed by atoms with Crippen molar-refractivity contribution in [3.05, 3.63) is 46.6 Å². The van der Waals surface area contributed by atoms with E-state index in [9.17, 15) is 9.59 Å². The van der Waals surface area contributed by atoms with E-state index in [1.54, 1.807) is 0 Å². The van der Waals surface area contributed by atoms with Crippen LogP contribution < -0.4 is 0 Å². The predicted octanol–water partition coefficient (Wildman–Crippen LogP) is 6.48. The van der Waals surface area contributed by atoms with Crippen molar-refractivity contribution in [2.45, 2.75) is 81.1 Å². The first kappa shape index (κ1) is 28.1. The van der Waals surface area contributed by atoms with E-state index in [1.165, 1.54) is 36.1 Å². The van der Waals surface area contributed by atoms with Gasteiger partial charge in [0.1, 0.15) is 13.2 Å². The Bertz CT molecular complexity index is 517. The van der Waals surface area contributed by atoms with Crippen molar-refractivity contribution in [1.82, 2.24) is 0 Å². The van der Waals surface area contributed by atoms with Gasteiger partial charge in [-0.1, -0.05) is 34.4 Å². The zero-order valence-electron chi connectivity index (χ0n) is 19.2. The highest BCUT2D eigenvalue weighted by Crippen LogP contribution is 2.07. The summed E-state index contributed by atoms with van der Waals surface area (Å²) in [6, 6.07) is 0. The van der Waals surface area contributed by atoms with Gasteiger partial charge in [0.05, 0.1) is 0 Å². The lowest BCUT2D eigenvalue weighted by Gasteiger charge is -2.00. The van der Waals surface area contributed by atoms with E-state index in [4.69, 9.17) is 9.47 Å². The van der Waals surface area contributed by atoms with Crippen LogP contribution in [0.25, 0.3) is 0 Å². The summed E-state index contributed by atoms with van der Waals surface area (Å²) in [5.41, 5.74) is 5.23. The van der Waals surface area contributed by atoms with Crippen molar-refractivity contribution in [3.63, 3.8) is 0 Å². The van der Waals surface area contributed by atoms with Crippen LogP contribution in [0.5, 0.6) is 0 Å². The molecular weight excluding hydrogens is 352 g/mol. The lowest BCUT2D eigenvalue weighted by Crippen LogP contribution is -1.98. The molecule has 160 valence electrons. The molecule has 0 aromatic rings. The Morgan fingerprint density at radius 1 is 0.571 bits per heavy atom. The molecule has 0 bridgehead atoms. The maximum absolute atomic E-state index is 10.5. The van der Waals surface area contributed by atoms with E-state index in [0.29, 0.717) is 13.2 Å². The maximum atomic E-state index is 10.5. The third kappa shape index (κ3) is 26.1. The van der Waals surface area contributed by atoms with Crippen molar-refractivity contribution in [2.24, 2.45) is 0 Å². The molecule has 28 heavy (non-hydrogen) atoms. The highest BCUT2D eigenvalue weighted by Gasteiger charge is 1.92. The van der Waals surface area contributed by atoms with Crippen molar-refractivity contribution in [2.75, 3.05) is 13.2 Å².